The van der Waals surface area contributed by atoms with Gasteiger partial charge in [0.15, 0.2) is 6.29 Å². The lowest BCUT2D eigenvalue weighted by molar-refractivity contribution is -0.202. The molecule has 1 N–H and O–H groups in total. The Hall–Kier alpha value is -0.420. The van der Waals surface area contributed by atoms with Gasteiger partial charge in [0.1, 0.15) is 0 Å². The second-order valence-electron chi connectivity index (χ2n) is 4.36. The van der Waals surface area contributed by atoms with Gasteiger partial charge in [-0.05, 0) is 11.1 Å². The van der Waals surface area contributed by atoms with E-state index < -0.39 is 5.60 Å². The Labute approximate surface area is 110 Å². The molecule has 1 aromatic carbocycles. The molecular formula is C13H17BrO3. The SMILES string of the molecule is CO[C@@H]1C[C@@](O)(c2cccc(CBr)c2)CCO1. The zero-order valence-electron chi connectivity index (χ0n) is 9.86. The fourth-order valence-corrected chi connectivity index (χ4v) is 2.50. The van der Waals surface area contributed by atoms with Crippen molar-refractivity contribution in [1.29, 1.82) is 0 Å². The van der Waals surface area contributed by atoms with Gasteiger partial charge in [-0.2, -0.15) is 0 Å². The van der Waals surface area contributed by atoms with Crippen LogP contribution in [0.3, 0.4) is 0 Å². The van der Waals surface area contributed by atoms with Crippen LogP contribution in [0.25, 0.3) is 0 Å². The normalized spacial score (nSPS) is 29.2. The summed E-state index contributed by atoms with van der Waals surface area (Å²) >= 11 is 3.43. The first-order valence-corrected chi connectivity index (χ1v) is 6.82. The quantitative estimate of drug-likeness (QED) is 0.872. The van der Waals surface area contributed by atoms with Crippen molar-refractivity contribution in [3.05, 3.63) is 35.4 Å². The van der Waals surface area contributed by atoms with Gasteiger partial charge in [0.25, 0.3) is 0 Å². The van der Waals surface area contributed by atoms with Gasteiger partial charge >= 0.3 is 0 Å². The number of rotatable bonds is 3. The Morgan fingerprint density at radius 3 is 3.12 bits per heavy atom. The molecule has 2 atom stereocenters. The van der Waals surface area contributed by atoms with Crippen LogP contribution < -0.4 is 0 Å². The molecular weight excluding hydrogens is 284 g/mol. The molecule has 1 aliphatic rings. The van der Waals surface area contributed by atoms with E-state index in [4.69, 9.17) is 9.47 Å². The smallest absolute Gasteiger partial charge is 0.160 e. The predicted molar refractivity (Wildman–Crippen MR) is 69.0 cm³/mol. The monoisotopic (exact) mass is 300 g/mol. The van der Waals surface area contributed by atoms with Gasteiger partial charge in [-0.15, -0.1) is 0 Å². The molecule has 1 aliphatic heterocycles. The Kier molecular flexibility index (Phi) is 4.20. The van der Waals surface area contributed by atoms with Crippen molar-refractivity contribution in [1.82, 2.24) is 0 Å². The molecule has 0 radical (unpaired) electrons. The zero-order chi connectivity index (χ0) is 12.3. The van der Waals surface area contributed by atoms with Crippen molar-refractivity contribution >= 4 is 15.9 Å². The second-order valence-corrected chi connectivity index (χ2v) is 4.92. The van der Waals surface area contributed by atoms with E-state index >= 15 is 0 Å². The van der Waals surface area contributed by atoms with Crippen LogP contribution in [0.1, 0.15) is 24.0 Å². The lowest BCUT2D eigenvalue weighted by Crippen LogP contribution is -2.39. The van der Waals surface area contributed by atoms with Gasteiger partial charge in [0, 0.05) is 25.3 Å². The van der Waals surface area contributed by atoms with Crippen molar-refractivity contribution in [2.45, 2.75) is 30.1 Å². The van der Waals surface area contributed by atoms with E-state index in [-0.39, 0.29) is 6.29 Å². The first-order valence-electron chi connectivity index (χ1n) is 5.70. The van der Waals surface area contributed by atoms with E-state index in [1.165, 1.54) is 0 Å². The van der Waals surface area contributed by atoms with Crippen molar-refractivity contribution in [3.63, 3.8) is 0 Å². The summed E-state index contributed by atoms with van der Waals surface area (Å²) in [6, 6.07) is 8.01. The van der Waals surface area contributed by atoms with E-state index in [9.17, 15) is 5.11 Å². The van der Waals surface area contributed by atoms with Crippen LogP contribution in [-0.2, 0) is 20.4 Å². The van der Waals surface area contributed by atoms with E-state index in [0.29, 0.717) is 19.4 Å². The first kappa shape index (κ1) is 13.0. The fraction of sp³-hybridized carbons (Fsp3) is 0.538. The molecule has 94 valence electrons. The number of hydrogen-bond acceptors (Lipinski definition) is 3. The second kappa shape index (κ2) is 5.48. The molecule has 1 saturated heterocycles. The summed E-state index contributed by atoms with van der Waals surface area (Å²) in [5.41, 5.74) is 1.27. The Bertz CT molecular complexity index is 383. The third-order valence-electron chi connectivity index (χ3n) is 3.21. The third-order valence-corrected chi connectivity index (χ3v) is 3.85. The molecule has 1 aromatic rings. The third kappa shape index (κ3) is 2.88. The van der Waals surface area contributed by atoms with Gasteiger partial charge in [-0.1, -0.05) is 40.2 Å². The van der Waals surface area contributed by atoms with E-state index in [1.54, 1.807) is 7.11 Å². The van der Waals surface area contributed by atoms with Crippen LogP contribution in [-0.4, -0.2) is 25.1 Å². The molecule has 0 amide bonds. The topological polar surface area (TPSA) is 38.7 Å². The molecule has 17 heavy (non-hydrogen) atoms. The minimum atomic E-state index is -0.836. The van der Waals surface area contributed by atoms with E-state index in [2.05, 4.69) is 15.9 Å². The Morgan fingerprint density at radius 1 is 1.59 bits per heavy atom. The molecule has 0 saturated carbocycles. The van der Waals surface area contributed by atoms with Crippen LogP contribution in [0.15, 0.2) is 24.3 Å². The molecule has 1 heterocycles. The van der Waals surface area contributed by atoms with Crippen LogP contribution in [0.5, 0.6) is 0 Å². The minimum absolute atomic E-state index is 0.318. The molecule has 2 rings (SSSR count). The summed E-state index contributed by atoms with van der Waals surface area (Å²) in [6.45, 7) is 0.521. The number of alkyl halides is 1. The number of hydrogen-bond donors (Lipinski definition) is 1. The number of methoxy groups -OCH3 is 1. The maximum atomic E-state index is 10.7. The maximum Gasteiger partial charge on any atom is 0.160 e. The van der Waals surface area contributed by atoms with Gasteiger partial charge in [0.2, 0.25) is 0 Å². The van der Waals surface area contributed by atoms with E-state index in [1.807, 2.05) is 24.3 Å². The summed E-state index contributed by atoms with van der Waals surface area (Å²) in [5, 5.41) is 11.5. The van der Waals surface area contributed by atoms with Crippen molar-refractivity contribution in [2.75, 3.05) is 13.7 Å². The molecule has 3 nitrogen and oxygen atoms in total. The standard InChI is InChI=1S/C13H17BrO3/c1-16-12-8-13(15,5-6-17-12)11-4-2-3-10(7-11)9-14/h2-4,7,12,15H,5-6,8-9H2,1H3/t12-,13+/m0/s1. The highest BCUT2D eigenvalue weighted by atomic mass is 79.9. The molecule has 1 fully saturated rings. The first-order chi connectivity index (χ1) is 8.18. The van der Waals surface area contributed by atoms with Crippen LogP contribution in [0.4, 0.5) is 0 Å². The summed E-state index contributed by atoms with van der Waals surface area (Å²) < 4.78 is 10.6. The predicted octanol–water partition coefficient (Wildman–Crippen LogP) is 2.55. The lowest BCUT2D eigenvalue weighted by atomic mass is 9.85. The summed E-state index contributed by atoms with van der Waals surface area (Å²) in [5.74, 6) is 0. The van der Waals surface area contributed by atoms with Gasteiger partial charge in [0.05, 0.1) is 12.2 Å². The van der Waals surface area contributed by atoms with Gasteiger partial charge < -0.3 is 14.6 Å². The Balaban J connectivity index is 2.23. The Morgan fingerprint density at radius 2 is 2.41 bits per heavy atom. The number of aliphatic hydroxyl groups is 1. The van der Waals surface area contributed by atoms with Crippen molar-refractivity contribution < 1.29 is 14.6 Å². The van der Waals surface area contributed by atoms with Crippen LogP contribution in [0.2, 0.25) is 0 Å². The maximum absolute atomic E-state index is 10.7. The van der Waals surface area contributed by atoms with Crippen LogP contribution in [0, 0.1) is 0 Å². The molecule has 0 aromatic heterocycles. The molecule has 4 heteroatoms. The average Bonchev–Trinajstić information content (AvgIpc) is 2.39. The minimum Gasteiger partial charge on any atom is -0.385 e. The van der Waals surface area contributed by atoms with Gasteiger partial charge in [-0.3, -0.25) is 0 Å². The fourth-order valence-electron chi connectivity index (χ4n) is 2.15. The van der Waals surface area contributed by atoms with E-state index in [0.717, 1.165) is 16.5 Å². The number of ether oxygens (including phenoxy) is 2. The number of halogens is 1. The summed E-state index contributed by atoms with van der Waals surface area (Å²) in [4.78, 5) is 0. The highest BCUT2D eigenvalue weighted by Crippen LogP contribution is 2.35. The molecule has 0 unspecified atom stereocenters. The number of benzene rings is 1. The molecule has 0 aliphatic carbocycles. The highest BCUT2D eigenvalue weighted by molar-refractivity contribution is 9.08. The van der Waals surface area contributed by atoms with Gasteiger partial charge in [-0.25, -0.2) is 0 Å². The molecule has 0 bridgehead atoms. The highest BCUT2D eigenvalue weighted by Gasteiger charge is 2.36. The zero-order valence-corrected chi connectivity index (χ0v) is 11.4. The summed E-state index contributed by atoms with van der Waals surface area (Å²) in [7, 11) is 1.60. The van der Waals surface area contributed by atoms with Crippen molar-refractivity contribution in [2.24, 2.45) is 0 Å². The lowest BCUT2D eigenvalue weighted by Gasteiger charge is -2.36. The average molecular weight is 301 g/mol. The largest absolute Gasteiger partial charge is 0.385 e. The molecule has 0 spiro atoms. The van der Waals surface area contributed by atoms with Crippen molar-refractivity contribution in [3.8, 4) is 0 Å². The summed E-state index contributed by atoms with van der Waals surface area (Å²) in [6.07, 6.45) is 0.773. The van der Waals surface area contributed by atoms with Crippen LogP contribution >= 0.6 is 15.9 Å².